The van der Waals surface area contributed by atoms with Crippen LogP contribution in [0.2, 0.25) is 0 Å². The first-order chi connectivity index (χ1) is 11.7. The fourth-order valence-corrected chi connectivity index (χ4v) is 4.44. The zero-order valence-corrected chi connectivity index (χ0v) is 13.8. The fraction of sp³-hybridized carbons (Fsp3) is 0.167. The average molecular weight is 339 g/mol. The summed E-state index contributed by atoms with van der Waals surface area (Å²) in [6, 6.07) is 11.4. The summed E-state index contributed by atoms with van der Waals surface area (Å²) in [6.45, 7) is 0.856. The van der Waals surface area contributed by atoms with Crippen molar-refractivity contribution in [1.82, 2.24) is 14.3 Å². The smallest absolute Gasteiger partial charge is 0.244 e. The third-order valence-electron chi connectivity index (χ3n) is 4.38. The molecule has 24 heavy (non-hydrogen) atoms. The van der Waals surface area contributed by atoms with Crippen molar-refractivity contribution in [2.75, 3.05) is 13.1 Å². The van der Waals surface area contributed by atoms with Gasteiger partial charge in [-0.2, -0.15) is 4.31 Å². The standard InChI is InChI=1S/C18H17N3O2S/c22-24(23,15-4-3-9-19-12-15)21-10-7-14(8-11-21)17-13-20-18-6-2-1-5-16(17)18/h1-7,9,12-13,20H,8,10-11H2. The van der Waals surface area contributed by atoms with Gasteiger partial charge in [0.1, 0.15) is 4.90 Å². The van der Waals surface area contributed by atoms with Gasteiger partial charge in [-0.3, -0.25) is 4.98 Å². The molecule has 0 bridgehead atoms. The number of rotatable bonds is 3. The molecule has 122 valence electrons. The second-order valence-electron chi connectivity index (χ2n) is 5.78. The number of sulfonamides is 1. The molecule has 3 heterocycles. The summed E-state index contributed by atoms with van der Waals surface area (Å²) < 4.78 is 26.8. The van der Waals surface area contributed by atoms with Crippen molar-refractivity contribution in [2.24, 2.45) is 0 Å². The maximum absolute atomic E-state index is 12.6. The van der Waals surface area contributed by atoms with Gasteiger partial charge in [0, 0.05) is 48.1 Å². The molecule has 5 nitrogen and oxygen atoms in total. The summed E-state index contributed by atoms with van der Waals surface area (Å²) >= 11 is 0. The van der Waals surface area contributed by atoms with Gasteiger partial charge in [0.25, 0.3) is 0 Å². The molecule has 0 radical (unpaired) electrons. The number of H-pyrrole nitrogens is 1. The minimum Gasteiger partial charge on any atom is -0.361 e. The molecular weight excluding hydrogens is 322 g/mol. The minimum atomic E-state index is -3.48. The van der Waals surface area contributed by atoms with Crippen molar-refractivity contribution in [3.63, 3.8) is 0 Å². The van der Waals surface area contributed by atoms with Crippen LogP contribution in [0, 0.1) is 0 Å². The van der Waals surface area contributed by atoms with Crippen LogP contribution in [-0.2, 0) is 10.0 Å². The highest BCUT2D eigenvalue weighted by Gasteiger charge is 2.26. The Balaban J connectivity index is 1.62. The second kappa shape index (κ2) is 5.89. The van der Waals surface area contributed by atoms with E-state index in [0.29, 0.717) is 19.5 Å². The zero-order chi connectivity index (χ0) is 16.6. The van der Waals surface area contributed by atoms with Crippen LogP contribution in [-0.4, -0.2) is 35.8 Å². The number of hydrogen-bond acceptors (Lipinski definition) is 3. The van der Waals surface area contributed by atoms with Crippen molar-refractivity contribution < 1.29 is 8.42 Å². The Hall–Kier alpha value is -2.44. The maximum atomic E-state index is 12.6. The van der Waals surface area contributed by atoms with Crippen LogP contribution in [0.3, 0.4) is 0 Å². The number of pyridine rings is 1. The number of aromatic nitrogens is 2. The average Bonchev–Trinajstić information content (AvgIpc) is 3.07. The summed E-state index contributed by atoms with van der Waals surface area (Å²) in [5.74, 6) is 0. The molecule has 2 aromatic heterocycles. The lowest BCUT2D eigenvalue weighted by Crippen LogP contribution is -2.34. The molecular formula is C18H17N3O2S. The lowest BCUT2D eigenvalue weighted by atomic mass is 10.00. The predicted molar refractivity (Wildman–Crippen MR) is 93.9 cm³/mol. The fourth-order valence-electron chi connectivity index (χ4n) is 3.10. The SMILES string of the molecule is O=S(=O)(c1cccnc1)N1CC=C(c2c[nH]c3ccccc23)CC1. The van der Waals surface area contributed by atoms with Gasteiger partial charge in [0.05, 0.1) is 0 Å². The maximum Gasteiger partial charge on any atom is 0.244 e. The molecule has 0 amide bonds. The van der Waals surface area contributed by atoms with E-state index in [9.17, 15) is 8.42 Å². The second-order valence-corrected chi connectivity index (χ2v) is 7.72. The van der Waals surface area contributed by atoms with Crippen molar-refractivity contribution in [3.05, 3.63) is 66.6 Å². The summed E-state index contributed by atoms with van der Waals surface area (Å²) in [5, 5.41) is 1.17. The molecule has 0 atom stereocenters. The topological polar surface area (TPSA) is 66.1 Å². The van der Waals surface area contributed by atoms with Crippen LogP contribution in [0.15, 0.2) is 66.0 Å². The molecule has 3 aromatic rings. The van der Waals surface area contributed by atoms with Crippen LogP contribution in [0.25, 0.3) is 16.5 Å². The number of fused-ring (bicyclic) bond motifs is 1. The lowest BCUT2D eigenvalue weighted by molar-refractivity contribution is 0.441. The Morgan fingerprint density at radius 3 is 2.75 bits per heavy atom. The largest absolute Gasteiger partial charge is 0.361 e. The highest BCUT2D eigenvalue weighted by molar-refractivity contribution is 7.89. The van der Waals surface area contributed by atoms with Gasteiger partial charge in [-0.15, -0.1) is 0 Å². The van der Waals surface area contributed by atoms with Gasteiger partial charge >= 0.3 is 0 Å². The van der Waals surface area contributed by atoms with Crippen LogP contribution < -0.4 is 0 Å². The van der Waals surface area contributed by atoms with E-state index < -0.39 is 10.0 Å². The predicted octanol–water partition coefficient (Wildman–Crippen LogP) is 3.04. The van der Waals surface area contributed by atoms with Gasteiger partial charge in [-0.25, -0.2) is 8.42 Å². The van der Waals surface area contributed by atoms with Gasteiger partial charge in [0.15, 0.2) is 0 Å². The van der Waals surface area contributed by atoms with E-state index in [1.165, 1.54) is 21.5 Å². The Morgan fingerprint density at radius 1 is 1.12 bits per heavy atom. The molecule has 0 saturated carbocycles. The quantitative estimate of drug-likeness (QED) is 0.797. The molecule has 0 saturated heterocycles. The van der Waals surface area contributed by atoms with Crippen LogP contribution in [0.4, 0.5) is 0 Å². The van der Waals surface area contributed by atoms with E-state index >= 15 is 0 Å². The highest BCUT2D eigenvalue weighted by atomic mass is 32.2. The van der Waals surface area contributed by atoms with E-state index in [1.54, 1.807) is 18.3 Å². The van der Waals surface area contributed by atoms with E-state index in [1.807, 2.05) is 30.5 Å². The highest BCUT2D eigenvalue weighted by Crippen LogP contribution is 2.30. The first-order valence-corrected chi connectivity index (χ1v) is 9.26. The van der Waals surface area contributed by atoms with Gasteiger partial charge in [-0.1, -0.05) is 24.3 Å². The zero-order valence-electron chi connectivity index (χ0n) is 13.0. The Kier molecular flexibility index (Phi) is 3.70. The normalized spacial score (nSPS) is 16.2. The first kappa shape index (κ1) is 15.1. The summed E-state index contributed by atoms with van der Waals surface area (Å²) in [4.78, 5) is 7.43. The third-order valence-corrected chi connectivity index (χ3v) is 6.23. The molecule has 1 aliphatic heterocycles. The molecule has 0 aliphatic carbocycles. The monoisotopic (exact) mass is 339 g/mol. The van der Waals surface area contributed by atoms with Crippen LogP contribution in [0.1, 0.15) is 12.0 Å². The van der Waals surface area contributed by atoms with E-state index in [4.69, 9.17) is 0 Å². The van der Waals surface area contributed by atoms with Gasteiger partial charge in [-0.05, 0) is 30.2 Å². The van der Waals surface area contributed by atoms with Crippen LogP contribution >= 0.6 is 0 Å². The first-order valence-electron chi connectivity index (χ1n) is 7.82. The molecule has 6 heteroatoms. The minimum absolute atomic E-state index is 0.244. The molecule has 1 aromatic carbocycles. The number of hydrogen-bond donors (Lipinski definition) is 1. The van der Waals surface area contributed by atoms with Crippen molar-refractivity contribution in [2.45, 2.75) is 11.3 Å². The van der Waals surface area contributed by atoms with Crippen LogP contribution in [0.5, 0.6) is 0 Å². The molecule has 1 aliphatic rings. The molecule has 1 N–H and O–H groups in total. The van der Waals surface area contributed by atoms with E-state index in [-0.39, 0.29) is 4.90 Å². The number of benzene rings is 1. The van der Waals surface area contributed by atoms with E-state index in [0.717, 1.165) is 11.1 Å². The number of nitrogens with zero attached hydrogens (tertiary/aromatic N) is 2. The number of para-hydroxylation sites is 1. The Bertz CT molecular complexity index is 1010. The van der Waals surface area contributed by atoms with Crippen molar-refractivity contribution in [1.29, 1.82) is 0 Å². The summed E-state index contributed by atoms with van der Waals surface area (Å²) in [6.07, 6.45) is 7.68. The Morgan fingerprint density at radius 2 is 2.00 bits per heavy atom. The number of nitrogens with one attached hydrogen (secondary N) is 1. The molecule has 0 fully saturated rings. The third kappa shape index (κ3) is 2.53. The molecule has 4 rings (SSSR count). The molecule has 0 spiro atoms. The summed E-state index contributed by atoms with van der Waals surface area (Å²) in [5.41, 5.74) is 3.44. The summed E-state index contributed by atoms with van der Waals surface area (Å²) in [7, 11) is -3.48. The van der Waals surface area contributed by atoms with Gasteiger partial charge < -0.3 is 4.98 Å². The van der Waals surface area contributed by atoms with Crippen molar-refractivity contribution in [3.8, 4) is 0 Å². The lowest BCUT2D eigenvalue weighted by Gasteiger charge is -2.25. The number of aromatic amines is 1. The van der Waals surface area contributed by atoms with E-state index in [2.05, 4.69) is 16.0 Å². The van der Waals surface area contributed by atoms with Crippen molar-refractivity contribution >= 4 is 26.5 Å². The Labute approximate surface area is 140 Å². The molecule has 0 unspecified atom stereocenters. The van der Waals surface area contributed by atoms with Gasteiger partial charge in [0.2, 0.25) is 10.0 Å².